The van der Waals surface area contributed by atoms with E-state index in [4.69, 9.17) is 0 Å². The highest BCUT2D eigenvalue weighted by Gasteiger charge is 2.10. The molecule has 1 N–H and O–H groups in total. The standard InChI is InChI=1S/C17H18N4O/c1-13-10-21-12-15(8-9-16(21)18-13)19-17(22)20(2)11-14-6-4-3-5-7-14/h3-10,12H,11H2,1-2H3,(H,19,22). The van der Waals surface area contributed by atoms with Gasteiger partial charge in [-0.2, -0.15) is 0 Å². The maximum absolute atomic E-state index is 12.2. The van der Waals surface area contributed by atoms with Crippen molar-refractivity contribution in [2.45, 2.75) is 13.5 Å². The zero-order chi connectivity index (χ0) is 15.5. The Morgan fingerprint density at radius 2 is 1.95 bits per heavy atom. The fourth-order valence-corrected chi connectivity index (χ4v) is 2.34. The van der Waals surface area contributed by atoms with Crippen LogP contribution in [0.2, 0.25) is 0 Å². The molecular weight excluding hydrogens is 276 g/mol. The molecule has 5 heteroatoms. The van der Waals surface area contributed by atoms with E-state index in [9.17, 15) is 4.79 Å². The molecule has 1 aromatic carbocycles. The summed E-state index contributed by atoms with van der Waals surface area (Å²) >= 11 is 0. The van der Waals surface area contributed by atoms with Gasteiger partial charge in [-0.05, 0) is 24.6 Å². The first-order valence-electron chi connectivity index (χ1n) is 7.13. The van der Waals surface area contributed by atoms with Gasteiger partial charge in [-0.1, -0.05) is 30.3 Å². The number of fused-ring (bicyclic) bond motifs is 1. The van der Waals surface area contributed by atoms with E-state index in [0.717, 1.165) is 22.6 Å². The Bertz CT molecular complexity index is 795. The molecule has 0 aliphatic heterocycles. The number of urea groups is 1. The van der Waals surface area contributed by atoms with Crippen molar-refractivity contribution >= 4 is 17.4 Å². The van der Waals surface area contributed by atoms with Gasteiger partial charge < -0.3 is 14.6 Å². The molecule has 0 bridgehead atoms. The maximum atomic E-state index is 12.2. The third kappa shape index (κ3) is 3.09. The summed E-state index contributed by atoms with van der Waals surface area (Å²) in [5.74, 6) is 0. The zero-order valence-corrected chi connectivity index (χ0v) is 12.7. The van der Waals surface area contributed by atoms with Gasteiger partial charge >= 0.3 is 6.03 Å². The quantitative estimate of drug-likeness (QED) is 0.805. The number of rotatable bonds is 3. The normalized spacial score (nSPS) is 10.6. The third-order valence-electron chi connectivity index (χ3n) is 3.43. The van der Waals surface area contributed by atoms with Crippen molar-refractivity contribution in [2.24, 2.45) is 0 Å². The third-order valence-corrected chi connectivity index (χ3v) is 3.43. The molecule has 22 heavy (non-hydrogen) atoms. The molecule has 0 atom stereocenters. The number of imidazole rings is 1. The molecular formula is C17H18N4O. The molecule has 0 saturated heterocycles. The van der Waals surface area contributed by atoms with Crippen molar-refractivity contribution in [1.82, 2.24) is 14.3 Å². The van der Waals surface area contributed by atoms with Crippen molar-refractivity contribution in [3.05, 3.63) is 66.1 Å². The molecule has 5 nitrogen and oxygen atoms in total. The van der Waals surface area contributed by atoms with Gasteiger partial charge in [0.2, 0.25) is 0 Å². The van der Waals surface area contributed by atoms with E-state index in [1.807, 2.05) is 66.2 Å². The minimum Gasteiger partial charge on any atom is -0.323 e. The number of aromatic nitrogens is 2. The average Bonchev–Trinajstić information content (AvgIpc) is 2.87. The van der Waals surface area contributed by atoms with E-state index < -0.39 is 0 Å². The summed E-state index contributed by atoms with van der Waals surface area (Å²) in [6.07, 6.45) is 3.79. The Morgan fingerprint density at radius 3 is 2.73 bits per heavy atom. The van der Waals surface area contributed by atoms with Crippen molar-refractivity contribution in [1.29, 1.82) is 0 Å². The molecule has 2 amide bonds. The summed E-state index contributed by atoms with van der Waals surface area (Å²) in [6.45, 7) is 2.51. The fourth-order valence-electron chi connectivity index (χ4n) is 2.34. The molecule has 2 aromatic heterocycles. The van der Waals surface area contributed by atoms with E-state index in [1.165, 1.54) is 0 Å². The Labute approximate surface area is 129 Å². The summed E-state index contributed by atoms with van der Waals surface area (Å²) in [4.78, 5) is 18.3. The first-order valence-corrected chi connectivity index (χ1v) is 7.13. The van der Waals surface area contributed by atoms with E-state index in [2.05, 4.69) is 10.3 Å². The van der Waals surface area contributed by atoms with E-state index in [1.54, 1.807) is 11.9 Å². The number of nitrogens with one attached hydrogen (secondary N) is 1. The first kappa shape index (κ1) is 14.1. The molecule has 0 fully saturated rings. The maximum Gasteiger partial charge on any atom is 0.321 e. The summed E-state index contributed by atoms with van der Waals surface area (Å²) in [5.41, 5.74) is 3.66. The van der Waals surface area contributed by atoms with Crippen LogP contribution in [0, 0.1) is 6.92 Å². The fraction of sp³-hybridized carbons (Fsp3) is 0.176. The van der Waals surface area contributed by atoms with Crippen molar-refractivity contribution in [2.75, 3.05) is 12.4 Å². The number of anilines is 1. The van der Waals surface area contributed by atoms with Gasteiger partial charge in [-0.25, -0.2) is 9.78 Å². The van der Waals surface area contributed by atoms with Gasteiger partial charge in [-0.15, -0.1) is 0 Å². The monoisotopic (exact) mass is 294 g/mol. The van der Waals surface area contributed by atoms with Crippen LogP contribution < -0.4 is 5.32 Å². The van der Waals surface area contributed by atoms with Gasteiger partial charge in [-0.3, -0.25) is 0 Å². The van der Waals surface area contributed by atoms with E-state index in [0.29, 0.717) is 6.54 Å². The molecule has 0 spiro atoms. The van der Waals surface area contributed by atoms with Crippen LogP contribution in [0.25, 0.3) is 5.65 Å². The van der Waals surface area contributed by atoms with E-state index in [-0.39, 0.29) is 6.03 Å². The van der Waals surface area contributed by atoms with Crippen LogP contribution in [0.3, 0.4) is 0 Å². The Morgan fingerprint density at radius 1 is 1.18 bits per heavy atom. The minimum absolute atomic E-state index is 0.139. The number of hydrogen-bond donors (Lipinski definition) is 1. The van der Waals surface area contributed by atoms with Crippen LogP contribution in [-0.2, 0) is 6.54 Å². The van der Waals surface area contributed by atoms with Crippen molar-refractivity contribution in [3.8, 4) is 0 Å². The van der Waals surface area contributed by atoms with Crippen LogP contribution in [0.15, 0.2) is 54.9 Å². The molecule has 0 aliphatic rings. The van der Waals surface area contributed by atoms with Gasteiger partial charge in [0.25, 0.3) is 0 Å². The van der Waals surface area contributed by atoms with Crippen LogP contribution in [0.4, 0.5) is 10.5 Å². The van der Waals surface area contributed by atoms with Crippen LogP contribution in [-0.4, -0.2) is 27.4 Å². The van der Waals surface area contributed by atoms with Crippen LogP contribution >= 0.6 is 0 Å². The highest BCUT2D eigenvalue weighted by molar-refractivity contribution is 5.89. The second kappa shape index (κ2) is 5.89. The Hall–Kier alpha value is -2.82. The highest BCUT2D eigenvalue weighted by atomic mass is 16.2. The van der Waals surface area contributed by atoms with Gasteiger partial charge in [0.1, 0.15) is 5.65 Å². The number of benzene rings is 1. The lowest BCUT2D eigenvalue weighted by Crippen LogP contribution is -2.30. The van der Waals surface area contributed by atoms with Crippen LogP contribution in [0.5, 0.6) is 0 Å². The summed E-state index contributed by atoms with van der Waals surface area (Å²) < 4.78 is 1.90. The number of carbonyl (C=O) groups is 1. The van der Waals surface area contributed by atoms with E-state index >= 15 is 0 Å². The molecule has 0 aliphatic carbocycles. The summed E-state index contributed by atoms with van der Waals surface area (Å²) in [5, 5.41) is 2.90. The number of amides is 2. The lowest BCUT2D eigenvalue weighted by Gasteiger charge is -2.18. The second-order valence-corrected chi connectivity index (χ2v) is 5.34. The number of aryl methyl sites for hydroxylation is 1. The van der Waals surface area contributed by atoms with Gasteiger partial charge in [0.15, 0.2) is 0 Å². The SMILES string of the molecule is Cc1cn2cc(NC(=O)N(C)Cc3ccccc3)ccc2n1. The Kier molecular flexibility index (Phi) is 3.78. The number of nitrogens with zero attached hydrogens (tertiary/aromatic N) is 3. The molecule has 0 radical (unpaired) electrons. The molecule has 112 valence electrons. The minimum atomic E-state index is -0.139. The number of hydrogen-bond acceptors (Lipinski definition) is 2. The molecule has 0 saturated carbocycles. The molecule has 3 rings (SSSR count). The van der Waals surface area contributed by atoms with Gasteiger partial charge in [0, 0.05) is 26.0 Å². The molecule has 3 aromatic rings. The largest absolute Gasteiger partial charge is 0.323 e. The predicted molar refractivity (Wildman–Crippen MR) is 86.9 cm³/mol. The summed E-state index contributed by atoms with van der Waals surface area (Å²) in [7, 11) is 1.78. The highest BCUT2D eigenvalue weighted by Crippen LogP contribution is 2.12. The zero-order valence-electron chi connectivity index (χ0n) is 12.7. The average molecular weight is 294 g/mol. The van der Waals surface area contributed by atoms with Crippen LogP contribution in [0.1, 0.15) is 11.3 Å². The number of carbonyl (C=O) groups excluding carboxylic acids is 1. The second-order valence-electron chi connectivity index (χ2n) is 5.34. The summed E-state index contributed by atoms with van der Waals surface area (Å²) in [6, 6.07) is 13.5. The molecule has 0 unspecified atom stereocenters. The first-order chi connectivity index (χ1) is 10.6. The Balaban J connectivity index is 1.69. The lowest BCUT2D eigenvalue weighted by molar-refractivity contribution is 0.220. The number of pyridine rings is 1. The van der Waals surface area contributed by atoms with Crippen molar-refractivity contribution < 1.29 is 4.79 Å². The predicted octanol–water partition coefficient (Wildman–Crippen LogP) is 3.31. The van der Waals surface area contributed by atoms with Gasteiger partial charge in [0.05, 0.1) is 11.4 Å². The smallest absolute Gasteiger partial charge is 0.321 e. The topological polar surface area (TPSA) is 49.6 Å². The lowest BCUT2D eigenvalue weighted by atomic mass is 10.2. The molecule has 2 heterocycles. The van der Waals surface area contributed by atoms with Crippen molar-refractivity contribution in [3.63, 3.8) is 0 Å².